The number of phosphoric acid groups is 4. The largest absolute Gasteiger partial charge is 0.490 e. The van der Waals surface area contributed by atoms with Crippen molar-refractivity contribution in [2.75, 3.05) is 13.2 Å². The molecule has 288 valence electrons. The molecule has 6 rings (SSSR count). The van der Waals surface area contributed by atoms with E-state index in [0.29, 0.717) is 11.3 Å². The van der Waals surface area contributed by atoms with Crippen LogP contribution in [0.5, 0.6) is 0 Å². The molecular weight excluding hydrogens is 786 g/mol. The molecule has 0 saturated carbocycles. The predicted molar refractivity (Wildman–Crippen MR) is 182 cm³/mol. The molecule has 0 spiro atoms. The average molecular weight is 821 g/mol. The van der Waals surface area contributed by atoms with Gasteiger partial charge in [0.15, 0.2) is 12.5 Å². The lowest BCUT2D eigenvalue weighted by Crippen LogP contribution is -2.35. The first-order chi connectivity index (χ1) is 24.9. The fourth-order valence-corrected chi connectivity index (χ4v) is 10.7. The molecule has 53 heavy (non-hydrogen) atoms. The molecule has 0 bridgehead atoms. The molecule has 6 unspecified atom stereocenters. The molecule has 2 aromatic carbocycles. The Morgan fingerprint density at radius 1 is 0.811 bits per heavy atom. The summed E-state index contributed by atoms with van der Waals surface area (Å²) in [6, 6.07) is 18.3. The molecule has 24 heteroatoms. The second-order valence-corrected chi connectivity index (χ2v) is 18.1. The van der Waals surface area contributed by atoms with Crippen LogP contribution in [0.15, 0.2) is 77.9 Å². The van der Waals surface area contributed by atoms with Crippen molar-refractivity contribution >= 4 is 36.9 Å². The van der Waals surface area contributed by atoms with Crippen molar-refractivity contribution in [2.45, 2.75) is 57.5 Å². The summed E-state index contributed by atoms with van der Waals surface area (Å²) in [4.78, 5) is 57.8. The standard InChI is InChI=1S/C29H35N3O17P4/c1-3-14-42-50(34,35)47-52(38,39)49-53(40,41)48-51(36,37)43-18-23-26-27(46-25(45-26)16-20-9-5-4-6-10-20)28(44-23)31-13-12-24-30-22(17-32(24)29(31)33)21-11-7-8-19(2)15-21/h4-13,15,17,23,25-28H,3,14,16,18H2,1-2H3,(H,34,35)(H,36,37)(H,38,39)(H,40,41)/t23-,25?,26?,27+,28-/m1/s1. The van der Waals surface area contributed by atoms with Gasteiger partial charge in [0.2, 0.25) is 0 Å². The highest BCUT2D eigenvalue weighted by Gasteiger charge is 2.55. The van der Waals surface area contributed by atoms with Gasteiger partial charge in [-0.1, -0.05) is 61.0 Å². The zero-order chi connectivity index (χ0) is 38.2. The molecule has 2 fully saturated rings. The Labute approximate surface area is 301 Å². The Bertz CT molecular complexity index is 2200. The maximum atomic E-state index is 13.8. The molecule has 2 saturated heterocycles. The van der Waals surface area contributed by atoms with Gasteiger partial charge in [0, 0.05) is 24.4 Å². The average Bonchev–Trinajstić information content (AvgIpc) is 3.76. The molecule has 9 atom stereocenters. The number of nitrogens with zero attached hydrogens (tertiary/aromatic N) is 3. The van der Waals surface area contributed by atoms with Crippen molar-refractivity contribution in [3.8, 4) is 11.3 Å². The summed E-state index contributed by atoms with van der Waals surface area (Å²) in [6.07, 6.45) is -1.79. The van der Waals surface area contributed by atoms with Gasteiger partial charge in [-0.05, 0) is 31.0 Å². The van der Waals surface area contributed by atoms with Crippen LogP contribution in [0.1, 0.15) is 30.7 Å². The number of aromatic nitrogens is 3. The fourth-order valence-electron chi connectivity index (χ4n) is 5.64. The van der Waals surface area contributed by atoms with Crippen LogP contribution in [0.25, 0.3) is 16.9 Å². The van der Waals surface area contributed by atoms with Crippen molar-refractivity contribution in [1.29, 1.82) is 0 Å². The second-order valence-electron chi connectivity index (χ2n) is 11.9. The van der Waals surface area contributed by atoms with Gasteiger partial charge in [-0.2, -0.15) is 12.9 Å². The Morgan fingerprint density at radius 2 is 1.47 bits per heavy atom. The molecule has 2 aliphatic heterocycles. The van der Waals surface area contributed by atoms with Crippen molar-refractivity contribution < 1.29 is 74.0 Å². The topological polar surface area (TPSA) is 262 Å². The van der Waals surface area contributed by atoms with E-state index in [4.69, 9.17) is 18.7 Å². The Kier molecular flexibility index (Phi) is 11.9. The predicted octanol–water partition coefficient (Wildman–Crippen LogP) is 4.62. The summed E-state index contributed by atoms with van der Waals surface area (Å²) in [7, 11) is -22.8. The van der Waals surface area contributed by atoms with Crippen LogP contribution >= 0.6 is 31.3 Å². The van der Waals surface area contributed by atoms with E-state index in [1.54, 1.807) is 12.3 Å². The van der Waals surface area contributed by atoms with Gasteiger partial charge in [-0.3, -0.25) is 18.0 Å². The van der Waals surface area contributed by atoms with E-state index in [0.717, 1.165) is 16.7 Å². The quantitative estimate of drug-likeness (QED) is 0.112. The smallest absolute Gasteiger partial charge is 0.346 e. The van der Waals surface area contributed by atoms with Crippen LogP contribution in [-0.2, 0) is 60.9 Å². The van der Waals surface area contributed by atoms with Gasteiger partial charge in [0.05, 0.1) is 18.9 Å². The number of imidazole rings is 1. The monoisotopic (exact) mass is 821 g/mol. The number of rotatable bonds is 16. The normalized spacial score (nSPS) is 26.0. The lowest BCUT2D eigenvalue weighted by atomic mass is 10.1. The first-order valence-corrected chi connectivity index (χ1v) is 21.8. The minimum absolute atomic E-state index is 0.195. The zero-order valence-electron chi connectivity index (χ0n) is 27.9. The van der Waals surface area contributed by atoms with Crippen molar-refractivity contribution in [2.24, 2.45) is 0 Å². The van der Waals surface area contributed by atoms with E-state index >= 15 is 0 Å². The number of benzene rings is 2. The Balaban J connectivity index is 1.20. The number of aryl methyl sites for hydroxylation is 1. The highest BCUT2D eigenvalue weighted by molar-refractivity contribution is 7.69. The highest BCUT2D eigenvalue weighted by atomic mass is 31.3. The minimum atomic E-state index is -6.01. The molecule has 2 aromatic heterocycles. The van der Waals surface area contributed by atoms with Crippen molar-refractivity contribution in [3.05, 3.63) is 94.7 Å². The Morgan fingerprint density at radius 3 is 2.15 bits per heavy atom. The molecule has 20 nitrogen and oxygen atoms in total. The maximum absolute atomic E-state index is 13.8. The summed E-state index contributed by atoms with van der Waals surface area (Å²) >= 11 is 0. The van der Waals surface area contributed by atoms with Crippen LogP contribution in [0.4, 0.5) is 0 Å². The summed E-state index contributed by atoms with van der Waals surface area (Å²) in [5.41, 5.74) is 2.99. The number of hydrogen-bond donors (Lipinski definition) is 4. The van der Waals surface area contributed by atoms with Crippen LogP contribution in [0.3, 0.4) is 0 Å². The highest BCUT2D eigenvalue weighted by Crippen LogP contribution is 2.71. The first kappa shape index (κ1) is 40.0. The molecule has 0 radical (unpaired) electrons. The van der Waals surface area contributed by atoms with E-state index in [2.05, 4.69) is 22.4 Å². The van der Waals surface area contributed by atoms with Crippen LogP contribution in [0.2, 0.25) is 0 Å². The van der Waals surface area contributed by atoms with Gasteiger partial charge in [0.25, 0.3) is 0 Å². The fraction of sp³-hybridized carbons (Fsp3) is 0.379. The summed E-state index contributed by atoms with van der Waals surface area (Å²) in [6.45, 7) is 2.21. The van der Waals surface area contributed by atoms with Crippen molar-refractivity contribution in [3.63, 3.8) is 0 Å². The SMILES string of the molecule is CCCOP(=O)(O)OP(=O)(O)OP(=O)(O)OP(=O)(O)OC[C@H]1O[C@@H](n2ccc3nc(-c4cccc(C)c4)cn3c2=O)[C@H]2OC(Cc3ccccc3)OC12. The maximum Gasteiger partial charge on any atom is 0.490 e. The molecule has 4 aromatic rings. The van der Waals surface area contributed by atoms with E-state index in [1.165, 1.54) is 22.1 Å². The molecule has 4 N–H and O–H groups in total. The third kappa shape index (κ3) is 9.95. The molecule has 2 aliphatic rings. The van der Waals surface area contributed by atoms with E-state index in [9.17, 15) is 42.6 Å². The van der Waals surface area contributed by atoms with Gasteiger partial charge in [-0.25, -0.2) is 28.0 Å². The number of fused-ring (bicyclic) bond motifs is 2. The van der Waals surface area contributed by atoms with Crippen LogP contribution in [-0.4, -0.2) is 71.3 Å². The number of hydrogen-bond acceptors (Lipinski definition) is 14. The minimum Gasteiger partial charge on any atom is -0.346 e. The third-order valence-corrected chi connectivity index (χ3v) is 13.7. The lowest BCUT2D eigenvalue weighted by molar-refractivity contribution is -0.150. The Hall–Kier alpha value is -2.70. The van der Waals surface area contributed by atoms with Gasteiger partial charge >= 0.3 is 37.0 Å². The molecular formula is C29H35N3O17P4. The van der Waals surface area contributed by atoms with E-state index in [1.807, 2.05) is 61.5 Å². The number of phosphoric ester groups is 2. The van der Waals surface area contributed by atoms with E-state index < -0.39 is 81.0 Å². The number of ether oxygens (including phenoxy) is 3. The summed E-state index contributed by atoms with van der Waals surface area (Å²) in [5.74, 6) is 0. The molecule has 0 amide bonds. The third-order valence-electron chi connectivity index (χ3n) is 7.76. The summed E-state index contributed by atoms with van der Waals surface area (Å²) < 4.78 is 91.1. The lowest BCUT2D eigenvalue weighted by Gasteiger charge is -2.23. The van der Waals surface area contributed by atoms with Crippen LogP contribution < -0.4 is 5.69 Å². The van der Waals surface area contributed by atoms with Gasteiger partial charge < -0.3 is 33.8 Å². The zero-order valence-corrected chi connectivity index (χ0v) is 31.4. The van der Waals surface area contributed by atoms with E-state index in [-0.39, 0.29) is 12.8 Å². The first-order valence-electron chi connectivity index (χ1n) is 15.8. The summed E-state index contributed by atoms with van der Waals surface area (Å²) in [5, 5.41) is 0. The van der Waals surface area contributed by atoms with Crippen molar-refractivity contribution in [1.82, 2.24) is 14.0 Å². The van der Waals surface area contributed by atoms with Crippen LogP contribution in [0, 0.1) is 6.92 Å². The molecule has 4 heterocycles. The van der Waals surface area contributed by atoms with Gasteiger partial charge in [0.1, 0.15) is 24.0 Å². The molecule has 0 aliphatic carbocycles. The second kappa shape index (κ2) is 15.8. The van der Waals surface area contributed by atoms with Gasteiger partial charge in [-0.15, -0.1) is 0 Å².